The molecule has 1 rings (SSSR count). The molecule has 1 atom stereocenters. The quantitative estimate of drug-likeness (QED) is 0.344. The van der Waals surface area contributed by atoms with Gasteiger partial charge in [-0.1, -0.05) is 5.16 Å². The third-order valence-corrected chi connectivity index (χ3v) is 2.02. The van der Waals surface area contributed by atoms with Crippen molar-refractivity contribution in [2.24, 2.45) is 10.9 Å². The first-order valence-electron chi connectivity index (χ1n) is 4.92. The molecule has 0 saturated carbocycles. The van der Waals surface area contributed by atoms with Crippen LogP contribution in [0.25, 0.3) is 0 Å². The molecule has 0 bridgehead atoms. The Morgan fingerprint density at radius 1 is 1.38 bits per heavy atom. The van der Waals surface area contributed by atoms with Gasteiger partial charge in [0.05, 0.1) is 7.11 Å². The van der Waals surface area contributed by atoms with E-state index in [1.54, 1.807) is 7.11 Å². The molecule has 16 heavy (non-hydrogen) atoms. The minimum Gasteiger partial charge on any atom is -0.497 e. The standard InChI is InChI=1S/C11H16N2O3/c1-8(7-11(12)13-14)16-10-5-3-9(15-2)4-6-10/h3-6,8,14H,7H2,1-2H3,(H2,12,13). The second-order valence-electron chi connectivity index (χ2n) is 3.40. The molecule has 5 heteroatoms. The summed E-state index contributed by atoms with van der Waals surface area (Å²) in [7, 11) is 1.61. The predicted octanol–water partition coefficient (Wildman–Crippen LogP) is 1.60. The van der Waals surface area contributed by atoms with Crippen molar-refractivity contribution in [3.63, 3.8) is 0 Å². The Bertz CT molecular complexity index is 349. The molecule has 0 spiro atoms. The molecule has 0 aliphatic carbocycles. The molecule has 88 valence electrons. The number of benzene rings is 1. The summed E-state index contributed by atoms with van der Waals surface area (Å²) >= 11 is 0. The van der Waals surface area contributed by atoms with Gasteiger partial charge in [-0.05, 0) is 31.2 Å². The Morgan fingerprint density at radius 2 is 1.94 bits per heavy atom. The number of rotatable bonds is 5. The Kier molecular flexibility index (Phi) is 4.44. The summed E-state index contributed by atoms with van der Waals surface area (Å²) in [5.41, 5.74) is 5.37. The number of ether oxygens (including phenoxy) is 2. The van der Waals surface area contributed by atoms with E-state index in [1.165, 1.54) is 0 Å². The average Bonchev–Trinajstić information content (AvgIpc) is 2.29. The third kappa shape index (κ3) is 3.68. The summed E-state index contributed by atoms with van der Waals surface area (Å²) < 4.78 is 10.6. The minimum atomic E-state index is -0.149. The van der Waals surface area contributed by atoms with Crippen LogP contribution in [-0.2, 0) is 0 Å². The molecular formula is C11H16N2O3. The maximum atomic E-state index is 8.41. The number of hydrogen-bond donors (Lipinski definition) is 2. The maximum absolute atomic E-state index is 8.41. The van der Waals surface area contributed by atoms with Gasteiger partial charge in [0.1, 0.15) is 23.4 Å². The molecule has 3 N–H and O–H groups in total. The molecule has 0 aliphatic rings. The van der Waals surface area contributed by atoms with Crippen LogP contribution in [-0.4, -0.2) is 24.3 Å². The van der Waals surface area contributed by atoms with Crippen LogP contribution < -0.4 is 15.2 Å². The molecular weight excluding hydrogens is 208 g/mol. The van der Waals surface area contributed by atoms with E-state index < -0.39 is 0 Å². The van der Waals surface area contributed by atoms with Crippen LogP contribution in [0.1, 0.15) is 13.3 Å². The van der Waals surface area contributed by atoms with E-state index >= 15 is 0 Å². The second kappa shape index (κ2) is 5.85. The lowest BCUT2D eigenvalue weighted by molar-refractivity contribution is 0.226. The normalized spacial score (nSPS) is 13.2. The van der Waals surface area contributed by atoms with Gasteiger partial charge in [-0.3, -0.25) is 0 Å². The van der Waals surface area contributed by atoms with Gasteiger partial charge in [0, 0.05) is 6.42 Å². The summed E-state index contributed by atoms with van der Waals surface area (Å²) in [5.74, 6) is 1.65. The summed E-state index contributed by atoms with van der Waals surface area (Å²) in [5, 5.41) is 11.3. The second-order valence-corrected chi connectivity index (χ2v) is 3.40. The number of methoxy groups -OCH3 is 1. The molecule has 0 aromatic heterocycles. The van der Waals surface area contributed by atoms with Crippen LogP contribution in [0.4, 0.5) is 0 Å². The third-order valence-electron chi connectivity index (χ3n) is 2.02. The van der Waals surface area contributed by atoms with Crippen LogP contribution in [0.15, 0.2) is 29.4 Å². The molecule has 1 aromatic carbocycles. The Morgan fingerprint density at radius 3 is 2.44 bits per heavy atom. The van der Waals surface area contributed by atoms with Crippen molar-refractivity contribution in [1.29, 1.82) is 0 Å². The fraction of sp³-hybridized carbons (Fsp3) is 0.364. The van der Waals surface area contributed by atoms with Gasteiger partial charge in [0.15, 0.2) is 0 Å². The van der Waals surface area contributed by atoms with E-state index in [9.17, 15) is 0 Å². The predicted molar refractivity (Wildman–Crippen MR) is 61.1 cm³/mol. The van der Waals surface area contributed by atoms with E-state index in [0.717, 1.165) is 11.5 Å². The van der Waals surface area contributed by atoms with E-state index in [0.29, 0.717) is 6.42 Å². The molecule has 0 aliphatic heterocycles. The van der Waals surface area contributed by atoms with E-state index in [1.807, 2.05) is 31.2 Å². The van der Waals surface area contributed by atoms with E-state index in [-0.39, 0.29) is 11.9 Å². The zero-order chi connectivity index (χ0) is 12.0. The number of oxime groups is 1. The van der Waals surface area contributed by atoms with E-state index in [2.05, 4.69) is 5.16 Å². The van der Waals surface area contributed by atoms with Crippen LogP contribution in [0.3, 0.4) is 0 Å². The summed E-state index contributed by atoms with van der Waals surface area (Å²) in [6, 6.07) is 7.24. The van der Waals surface area contributed by atoms with Crippen molar-refractivity contribution < 1.29 is 14.7 Å². The molecule has 0 radical (unpaired) electrons. The van der Waals surface area contributed by atoms with Gasteiger partial charge >= 0.3 is 0 Å². The van der Waals surface area contributed by atoms with Gasteiger partial charge < -0.3 is 20.4 Å². The van der Waals surface area contributed by atoms with Crippen molar-refractivity contribution in [2.75, 3.05) is 7.11 Å². The minimum absolute atomic E-state index is 0.149. The summed E-state index contributed by atoms with van der Waals surface area (Å²) in [4.78, 5) is 0. The summed E-state index contributed by atoms with van der Waals surface area (Å²) in [6.45, 7) is 1.85. The highest BCUT2D eigenvalue weighted by molar-refractivity contribution is 5.80. The largest absolute Gasteiger partial charge is 0.497 e. The van der Waals surface area contributed by atoms with Crippen molar-refractivity contribution in [3.8, 4) is 11.5 Å². The fourth-order valence-electron chi connectivity index (χ4n) is 1.26. The van der Waals surface area contributed by atoms with Gasteiger partial charge in [0.25, 0.3) is 0 Å². The maximum Gasteiger partial charge on any atom is 0.142 e. The van der Waals surface area contributed by atoms with Gasteiger partial charge in [0.2, 0.25) is 0 Å². The molecule has 0 amide bonds. The van der Waals surface area contributed by atoms with Crippen LogP contribution in [0, 0.1) is 0 Å². The first-order valence-corrected chi connectivity index (χ1v) is 4.92. The van der Waals surface area contributed by atoms with Crippen LogP contribution >= 0.6 is 0 Å². The zero-order valence-corrected chi connectivity index (χ0v) is 9.38. The lowest BCUT2D eigenvalue weighted by atomic mass is 10.2. The van der Waals surface area contributed by atoms with Crippen molar-refractivity contribution in [1.82, 2.24) is 0 Å². The van der Waals surface area contributed by atoms with Crippen LogP contribution in [0.2, 0.25) is 0 Å². The molecule has 5 nitrogen and oxygen atoms in total. The number of amidine groups is 1. The molecule has 1 aromatic rings. The lowest BCUT2D eigenvalue weighted by Gasteiger charge is -2.13. The number of nitrogens with two attached hydrogens (primary N) is 1. The van der Waals surface area contributed by atoms with Crippen LogP contribution in [0.5, 0.6) is 11.5 Å². The Balaban J connectivity index is 2.52. The molecule has 0 saturated heterocycles. The fourth-order valence-corrected chi connectivity index (χ4v) is 1.26. The number of nitrogens with zero attached hydrogens (tertiary/aromatic N) is 1. The highest BCUT2D eigenvalue weighted by Crippen LogP contribution is 2.18. The highest BCUT2D eigenvalue weighted by atomic mass is 16.5. The molecule has 1 unspecified atom stereocenters. The van der Waals surface area contributed by atoms with Gasteiger partial charge in [-0.15, -0.1) is 0 Å². The number of hydrogen-bond acceptors (Lipinski definition) is 4. The van der Waals surface area contributed by atoms with Crippen molar-refractivity contribution in [2.45, 2.75) is 19.4 Å². The molecule has 0 fully saturated rings. The van der Waals surface area contributed by atoms with Crippen molar-refractivity contribution >= 4 is 5.84 Å². The molecule has 0 heterocycles. The topological polar surface area (TPSA) is 77.1 Å². The lowest BCUT2D eigenvalue weighted by Crippen LogP contribution is -2.22. The monoisotopic (exact) mass is 224 g/mol. The first kappa shape index (κ1) is 12.2. The average molecular weight is 224 g/mol. The summed E-state index contributed by atoms with van der Waals surface area (Å²) in [6.07, 6.45) is 0.229. The smallest absolute Gasteiger partial charge is 0.142 e. The van der Waals surface area contributed by atoms with Gasteiger partial charge in [-0.25, -0.2) is 0 Å². The van der Waals surface area contributed by atoms with Gasteiger partial charge in [-0.2, -0.15) is 0 Å². The first-order chi connectivity index (χ1) is 7.65. The Labute approximate surface area is 94.5 Å². The van der Waals surface area contributed by atoms with Crippen molar-refractivity contribution in [3.05, 3.63) is 24.3 Å². The SMILES string of the molecule is COc1ccc(OC(C)CC(N)=NO)cc1. The van der Waals surface area contributed by atoms with E-state index in [4.69, 9.17) is 20.4 Å². The zero-order valence-electron chi connectivity index (χ0n) is 9.38. The highest BCUT2D eigenvalue weighted by Gasteiger charge is 2.06. The Hall–Kier alpha value is -1.91.